The molecule has 0 spiro atoms. The molecule has 0 radical (unpaired) electrons. The Hall–Kier alpha value is -0.543. The first-order chi connectivity index (χ1) is 7.45. The fraction of sp³-hybridized carbons (Fsp3) is 0.462. The molecule has 0 aromatic heterocycles. The van der Waals surface area contributed by atoms with Gasteiger partial charge in [-0.3, -0.25) is 0 Å². The SMILES string of the molecule is CSC(=Nc1ccccc1)C(C)[Si](C)(C)C. The fourth-order valence-electron chi connectivity index (χ4n) is 1.32. The van der Waals surface area contributed by atoms with Crippen LogP contribution >= 0.6 is 11.8 Å². The molecule has 0 bridgehead atoms. The average Bonchev–Trinajstić information content (AvgIpc) is 2.25. The van der Waals surface area contributed by atoms with Gasteiger partial charge in [0.05, 0.1) is 18.8 Å². The van der Waals surface area contributed by atoms with E-state index in [9.17, 15) is 0 Å². The summed E-state index contributed by atoms with van der Waals surface area (Å²) in [5.41, 5.74) is 1.68. The van der Waals surface area contributed by atoms with Crippen LogP contribution in [-0.4, -0.2) is 19.4 Å². The minimum atomic E-state index is -1.15. The molecule has 1 aromatic carbocycles. The maximum Gasteiger partial charge on any atom is 0.0737 e. The van der Waals surface area contributed by atoms with Crippen LogP contribution in [0.15, 0.2) is 35.3 Å². The van der Waals surface area contributed by atoms with E-state index in [0.29, 0.717) is 5.54 Å². The van der Waals surface area contributed by atoms with Crippen molar-refractivity contribution >= 4 is 30.6 Å². The van der Waals surface area contributed by atoms with Gasteiger partial charge in [-0.15, -0.1) is 11.8 Å². The Balaban J connectivity index is 2.95. The second-order valence-corrected chi connectivity index (χ2v) is 11.5. The summed E-state index contributed by atoms with van der Waals surface area (Å²) in [7, 11) is -1.15. The van der Waals surface area contributed by atoms with Crippen LogP contribution in [0.1, 0.15) is 6.92 Å². The van der Waals surface area contributed by atoms with E-state index in [4.69, 9.17) is 4.99 Å². The van der Waals surface area contributed by atoms with Crippen molar-refractivity contribution in [1.29, 1.82) is 0 Å². The van der Waals surface area contributed by atoms with Crippen molar-refractivity contribution in [3.8, 4) is 0 Å². The van der Waals surface area contributed by atoms with Crippen molar-refractivity contribution in [3.63, 3.8) is 0 Å². The molecule has 0 aliphatic heterocycles. The first-order valence-corrected chi connectivity index (χ1v) is 10.4. The Kier molecular flexibility index (Phi) is 4.81. The van der Waals surface area contributed by atoms with E-state index in [1.165, 1.54) is 5.04 Å². The van der Waals surface area contributed by atoms with Crippen LogP contribution in [0.2, 0.25) is 25.2 Å². The van der Waals surface area contributed by atoms with Gasteiger partial charge in [-0.2, -0.15) is 0 Å². The zero-order chi connectivity index (χ0) is 12.2. The molecule has 1 atom stereocenters. The average molecular weight is 251 g/mol. The van der Waals surface area contributed by atoms with Crippen molar-refractivity contribution in [3.05, 3.63) is 30.3 Å². The van der Waals surface area contributed by atoms with Crippen LogP contribution in [0.25, 0.3) is 0 Å². The molecular weight excluding hydrogens is 230 g/mol. The molecule has 1 nitrogen and oxygen atoms in total. The Labute approximate surface area is 104 Å². The summed E-state index contributed by atoms with van der Waals surface area (Å²) < 4.78 is 0. The number of hydrogen-bond acceptors (Lipinski definition) is 2. The molecule has 0 N–H and O–H groups in total. The Morgan fingerprint density at radius 1 is 1.19 bits per heavy atom. The number of hydrogen-bond donors (Lipinski definition) is 0. The second-order valence-electron chi connectivity index (χ2n) is 5.08. The standard InChI is InChI=1S/C13H21NSSi/c1-11(16(3,4)5)13(15-2)14-12-9-7-6-8-10-12/h6-11H,1-5H3. The van der Waals surface area contributed by atoms with Crippen molar-refractivity contribution < 1.29 is 0 Å². The third-order valence-electron chi connectivity index (χ3n) is 2.87. The normalized spacial score (nSPS) is 14.9. The molecule has 3 heteroatoms. The van der Waals surface area contributed by atoms with Crippen molar-refractivity contribution in [2.24, 2.45) is 4.99 Å². The van der Waals surface area contributed by atoms with Gasteiger partial charge in [0.2, 0.25) is 0 Å². The van der Waals surface area contributed by atoms with Crippen LogP contribution < -0.4 is 0 Å². The number of aliphatic imine (C=N–C) groups is 1. The molecule has 0 aliphatic rings. The summed E-state index contributed by atoms with van der Waals surface area (Å²) in [4.78, 5) is 4.76. The highest BCUT2D eigenvalue weighted by Gasteiger charge is 2.26. The lowest BCUT2D eigenvalue weighted by atomic mass is 10.3. The quantitative estimate of drug-likeness (QED) is 0.427. The summed E-state index contributed by atoms with van der Waals surface area (Å²) in [6.07, 6.45) is 2.12. The maximum absolute atomic E-state index is 4.76. The molecule has 0 saturated heterocycles. The van der Waals surface area contributed by atoms with E-state index in [-0.39, 0.29) is 0 Å². The summed E-state index contributed by atoms with van der Waals surface area (Å²) in [5.74, 6) is 0. The summed E-state index contributed by atoms with van der Waals surface area (Å²) in [6, 6.07) is 10.2. The van der Waals surface area contributed by atoms with Gasteiger partial charge in [-0.1, -0.05) is 44.8 Å². The largest absolute Gasteiger partial charge is 0.247 e. The molecule has 0 saturated carbocycles. The minimum Gasteiger partial charge on any atom is -0.247 e. The Morgan fingerprint density at radius 2 is 1.75 bits per heavy atom. The van der Waals surface area contributed by atoms with Crippen molar-refractivity contribution in [1.82, 2.24) is 0 Å². The van der Waals surface area contributed by atoms with E-state index < -0.39 is 8.07 Å². The lowest BCUT2D eigenvalue weighted by molar-refractivity contribution is 1.20. The van der Waals surface area contributed by atoms with Gasteiger partial charge in [0.15, 0.2) is 0 Å². The third kappa shape index (κ3) is 3.80. The Morgan fingerprint density at radius 3 is 2.19 bits per heavy atom. The zero-order valence-corrected chi connectivity index (χ0v) is 12.6. The lowest BCUT2D eigenvalue weighted by Gasteiger charge is -2.25. The van der Waals surface area contributed by atoms with E-state index in [1.54, 1.807) is 11.8 Å². The second kappa shape index (κ2) is 5.69. The highest BCUT2D eigenvalue weighted by molar-refractivity contribution is 8.13. The topological polar surface area (TPSA) is 12.4 Å². The van der Waals surface area contributed by atoms with Crippen LogP contribution in [0, 0.1) is 0 Å². The molecule has 1 aromatic rings. The Bertz CT molecular complexity index is 354. The first kappa shape index (κ1) is 13.5. The summed E-state index contributed by atoms with van der Waals surface area (Å²) >= 11 is 1.78. The highest BCUT2D eigenvalue weighted by atomic mass is 32.2. The first-order valence-electron chi connectivity index (χ1n) is 5.62. The molecule has 88 valence electrons. The predicted molar refractivity (Wildman–Crippen MR) is 79.8 cm³/mol. The zero-order valence-electron chi connectivity index (χ0n) is 10.8. The number of benzene rings is 1. The monoisotopic (exact) mass is 251 g/mol. The number of para-hydroxylation sites is 1. The number of thioether (sulfide) groups is 1. The molecule has 0 heterocycles. The van der Waals surface area contributed by atoms with Crippen LogP contribution in [-0.2, 0) is 0 Å². The van der Waals surface area contributed by atoms with Crippen LogP contribution in [0.4, 0.5) is 5.69 Å². The van der Waals surface area contributed by atoms with Crippen molar-refractivity contribution in [2.75, 3.05) is 6.26 Å². The molecule has 0 amide bonds. The summed E-state index contributed by atoms with van der Waals surface area (Å²) in [5, 5.41) is 1.27. The van der Waals surface area contributed by atoms with Crippen LogP contribution in [0.3, 0.4) is 0 Å². The van der Waals surface area contributed by atoms with Gasteiger partial charge in [0.25, 0.3) is 0 Å². The highest BCUT2D eigenvalue weighted by Crippen LogP contribution is 2.29. The summed E-state index contributed by atoms with van der Waals surface area (Å²) in [6.45, 7) is 9.50. The lowest BCUT2D eigenvalue weighted by Crippen LogP contribution is -2.30. The molecular formula is C13H21NSSi. The van der Waals surface area contributed by atoms with Gasteiger partial charge >= 0.3 is 0 Å². The number of nitrogens with zero attached hydrogens (tertiary/aromatic N) is 1. The minimum absolute atomic E-state index is 0.614. The predicted octanol–water partition coefficient (Wildman–Crippen LogP) is 4.81. The molecule has 1 rings (SSSR count). The van der Waals surface area contributed by atoms with E-state index in [1.807, 2.05) is 18.2 Å². The molecule has 16 heavy (non-hydrogen) atoms. The van der Waals surface area contributed by atoms with Gasteiger partial charge in [0, 0.05) is 0 Å². The molecule has 0 fully saturated rings. The number of rotatable bonds is 3. The van der Waals surface area contributed by atoms with E-state index >= 15 is 0 Å². The van der Waals surface area contributed by atoms with Gasteiger partial charge in [0.1, 0.15) is 0 Å². The maximum atomic E-state index is 4.76. The van der Waals surface area contributed by atoms with Gasteiger partial charge in [-0.05, 0) is 23.9 Å². The fourth-order valence-corrected chi connectivity index (χ4v) is 4.09. The van der Waals surface area contributed by atoms with Crippen LogP contribution in [0.5, 0.6) is 0 Å². The van der Waals surface area contributed by atoms with Gasteiger partial charge in [-0.25, -0.2) is 4.99 Å². The van der Waals surface area contributed by atoms with E-state index in [0.717, 1.165) is 5.69 Å². The molecule has 0 aliphatic carbocycles. The van der Waals surface area contributed by atoms with E-state index in [2.05, 4.69) is 45.0 Å². The van der Waals surface area contributed by atoms with Crippen molar-refractivity contribution in [2.45, 2.75) is 32.1 Å². The van der Waals surface area contributed by atoms with Gasteiger partial charge < -0.3 is 0 Å². The molecule has 1 unspecified atom stereocenters. The third-order valence-corrected chi connectivity index (χ3v) is 6.82. The smallest absolute Gasteiger partial charge is 0.0737 e.